The van der Waals surface area contributed by atoms with Crippen molar-refractivity contribution in [2.45, 2.75) is 57.9 Å². The molecule has 0 aromatic heterocycles. The largest absolute Gasteiger partial charge is 0.482 e. The molecule has 1 atom stereocenters. The van der Waals surface area contributed by atoms with Gasteiger partial charge in [-0.1, -0.05) is 38.7 Å². The molecule has 1 saturated carbocycles. The Hall–Kier alpha value is -1.55. The maximum atomic E-state index is 12.2. The Morgan fingerprint density at radius 1 is 1.30 bits per heavy atom. The molecule has 126 valence electrons. The summed E-state index contributed by atoms with van der Waals surface area (Å²) in [6, 6.07) is 6.21. The van der Waals surface area contributed by atoms with Crippen LogP contribution in [0, 0.1) is 5.92 Å². The SMILES string of the molecule is CCCCN1C(=O)COc2ccc(C(N)C3CCCCC3)cc21. The Kier molecular flexibility index (Phi) is 5.21. The lowest BCUT2D eigenvalue weighted by atomic mass is 9.81. The summed E-state index contributed by atoms with van der Waals surface area (Å²) >= 11 is 0. The molecule has 0 bridgehead atoms. The number of hydrogen-bond donors (Lipinski definition) is 1. The van der Waals surface area contributed by atoms with Crippen LogP contribution in [0.4, 0.5) is 5.69 Å². The van der Waals surface area contributed by atoms with E-state index < -0.39 is 0 Å². The Bertz CT molecular complexity index is 552. The number of nitrogens with two attached hydrogens (primary N) is 1. The Morgan fingerprint density at radius 3 is 2.83 bits per heavy atom. The number of anilines is 1. The molecule has 1 fully saturated rings. The summed E-state index contributed by atoms with van der Waals surface area (Å²) in [5, 5.41) is 0. The number of carbonyl (C=O) groups excluding carboxylic acids is 1. The molecule has 1 aromatic carbocycles. The van der Waals surface area contributed by atoms with Gasteiger partial charge in [-0.15, -0.1) is 0 Å². The van der Waals surface area contributed by atoms with E-state index in [-0.39, 0.29) is 18.6 Å². The van der Waals surface area contributed by atoms with Crippen molar-refractivity contribution in [3.05, 3.63) is 23.8 Å². The Balaban J connectivity index is 1.84. The number of carbonyl (C=O) groups is 1. The Morgan fingerprint density at radius 2 is 2.09 bits per heavy atom. The number of rotatable bonds is 5. The maximum Gasteiger partial charge on any atom is 0.265 e. The van der Waals surface area contributed by atoms with E-state index in [1.54, 1.807) is 0 Å². The minimum absolute atomic E-state index is 0.0503. The van der Waals surface area contributed by atoms with E-state index in [1.165, 1.54) is 32.1 Å². The van der Waals surface area contributed by atoms with Gasteiger partial charge in [-0.25, -0.2) is 0 Å². The van der Waals surface area contributed by atoms with Crippen LogP contribution in [-0.2, 0) is 4.79 Å². The van der Waals surface area contributed by atoms with Crippen molar-refractivity contribution in [3.8, 4) is 5.75 Å². The van der Waals surface area contributed by atoms with Gasteiger partial charge in [0.05, 0.1) is 5.69 Å². The predicted molar refractivity (Wildman–Crippen MR) is 92.7 cm³/mol. The maximum absolute atomic E-state index is 12.2. The second-order valence-electron chi connectivity index (χ2n) is 6.84. The molecule has 2 N–H and O–H groups in total. The van der Waals surface area contributed by atoms with Gasteiger partial charge in [0, 0.05) is 12.6 Å². The standard InChI is InChI=1S/C19H28N2O2/c1-2-3-11-21-16-12-15(9-10-17(16)23-13-18(21)22)19(20)14-7-5-4-6-8-14/h9-10,12,14,19H,2-8,11,13,20H2,1H3. The van der Waals surface area contributed by atoms with E-state index in [1.807, 2.05) is 11.0 Å². The van der Waals surface area contributed by atoms with Gasteiger partial charge in [-0.2, -0.15) is 0 Å². The zero-order chi connectivity index (χ0) is 16.2. The molecular weight excluding hydrogens is 288 g/mol. The zero-order valence-corrected chi connectivity index (χ0v) is 14.1. The first-order valence-corrected chi connectivity index (χ1v) is 9.03. The van der Waals surface area contributed by atoms with Crippen molar-refractivity contribution in [2.75, 3.05) is 18.1 Å². The number of benzene rings is 1. The lowest BCUT2D eigenvalue weighted by molar-refractivity contribution is -0.121. The van der Waals surface area contributed by atoms with Gasteiger partial charge in [-0.3, -0.25) is 4.79 Å². The van der Waals surface area contributed by atoms with Crippen molar-refractivity contribution < 1.29 is 9.53 Å². The fraction of sp³-hybridized carbons (Fsp3) is 0.632. The van der Waals surface area contributed by atoms with Crippen molar-refractivity contribution in [1.82, 2.24) is 0 Å². The van der Waals surface area contributed by atoms with E-state index in [4.69, 9.17) is 10.5 Å². The van der Waals surface area contributed by atoms with Crippen LogP contribution in [-0.4, -0.2) is 19.1 Å². The van der Waals surface area contributed by atoms with Crippen LogP contribution in [0.15, 0.2) is 18.2 Å². The van der Waals surface area contributed by atoms with Crippen LogP contribution in [0.3, 0.4) is 0 Å². The number of hydrogen-bond acceptors (Lipinski definition) is 3. The predicted octanol–water partition coefficient (Wildman–Crippen LogP) is 3.79. The molecule has 0 spiro atoms. The number of amides is 1. The summed E-state index contributed by atoms with van der Waals surface area (Å²) in [6.45, 7) is 3.04. The van der Waals surface area contributed by atoms with E-state index in [0.717, 1.165) is 36.4 Å². The van der Waals surface area contributed by atoms with Crippen molar-refractivity contribution >= 4 is 11.6 Å². The lowest BCUT2D eigenvalue weighted by Gasteiger charge is -2.32. The van der Waals surface area contributed by atoms with Gasteiger partial charge in [0.15, 0.2) is 6.61 Å². The second kappa shape index (κ2) is 7.35. The van der Waals surface area contributed by atoms with Crippen LogP contribution >= 0.6 is 0 Å². The molecule has 1 amide bonds. The quantitative estimate of drug-likeness (QED) is 0.899. The third kappa shape index (κ3) is 3.52. The van der Waals surface area contributed by atoms with E-state index in [2.05, 4.69) is 19.1 Å². The molecule has 1 heterocycles. The topological polar surface area (TPSA) is 55.6 Å². The molecule has 1 aliphatic carbocycles. The average molecular weight is 316 g/mol. The first kappa shape index (κ1) is 16.3. The van der Waals surface area contributed by atoms with Crippen molar-refractivity contribution in [3.63, 3.8) is 0 Å². The van der Waals surface area contributed by atoms with Gasteiger partial charge >= 0.3 is 0 Å². The molecule has 1 unspecified atom stereocenters. The molecule has 4 nitrogen and oxygen atoms in total. The van der Waals surface area contributed by atoms with E-state index >= 15 is 0 Å². The van der Waals surface area contributed by atoms with E-state index in [0.29, 0.717) is 5.92 Å². The molecule has 1 aliphatic heterocycles. The normalized spacial score (nSPS) is 20.1. The molecule has 4 heteroatoms. The fourth-order valence-electron chi connectivity index (χ4n) is 3.75. The van der Waals surface area contributed by atoms with Crippen LogP contribution in [0.2, 0.25) is 0 Å². The van der Waals surface area contributed by atoms with Gasteiger partial charge in [-0.05, 0) is 42.9 Å². The van der Waals surface area contributed by atoms with Crippen LogP contribution in [0.5, 0.6) is 5.75 Å². The molecule has 23 heavy (non-hydrogen) atoms. The highest BCUT2D eigenvalue weighted by atomic mass is 16.5. The number of ether oxygens (including phenoxy) is 1. The number of fused-ring (bicyclic) bond motifs is 1. The zero-order valence-electron chi connectivity index (χ0n) is 14.1. The monoisotopic (exact) mass is 316 g/mol. The first-order chi connectivity index (χ1) is 11.2. The van der Waals surface area contributed by atoms with E-state index in [9.17, 15) is 4.79 Å². The highest BCUT2D eigenvalue weighted by Gasteiger charge is 2.28. The third-order valence-electron chi connectivity index (χ3n) is 5.20. The van der Waals surface area contributed by atoms with Gasteiger partial charge in [0.2, 0.25) is 0 Å². The number of unbranched alkanes of at least 4 members (excludes halogenated alkanes) is 1. The molecular formula is C19H28N2O2. The third-order valence-corrected chi connectivity index (χ3v) is 5.20. The Labute approximate surface area is 139 Å². The summed E-state index contributed by atoms with van der Waals surface area (Å²) in [5.74, 6) is 1.42. The van der Waals surface area contributed by atoms with Gasteiger partial charge < -0.3 is 15.4 Å². The molecule has 1 aromatic rings. The highest BCUT2D eigenvalue weighted by molar-refractivity contribution is 5.97. The molecule has 2 aliphatic rings. The lowest BCUT2D eigenvalue weighted by Crippen LogP contribution is -2.39. The van der Waals surface area contributed by atoms with Crippen LogP contribution < -0.4 is 15.4 Å². The summed E-state index contributed by atoms with van der Waals surface area (Å²) in [4.78, 5) is 14.1. The molecule has 0 radical (unpaired) electrons. The van der Waals surface area contributed by atoms with Crippen LogP contribution in [0.25, 0.3) is 0 Å². The van der Waals surface area contributed by atoms with Crippen molar-refractivity contribution in [1.29, 1.82) is 0 Å². The summed E-state index contributed by atoms with van der Waals surface area (Å²) in [7, 11) is 0. The smallest absolute Gasteiger partial charge is 0.265 e. The number of nitrogens with zero attached hydrogens (tertiary/aromatic N) is 1. The van der Waals surface area contributed by atoms with Gasteiger partial charge in [0.1, 0.15) is 5.75 Å². The van der Waals surface area contributed by atoms with Crippen molar-refractivity contribution in [2.24, 2.45) is 11.7 Å². The summed E-state index contributed by atoms with van der Waals surface area (Å²) in [5.41, 5.74) is 8.57. The second-order valence-corrected chi connectivity index (χ2v) is 6.84. The molecule has 3 rings (SSSR count). The van der Waals surface area contributed by atoms with Gasteiger partial charge in [0.25, 0.3) is 5.91 Å². The highest BCUT2D eigenvalue weighted by Crippen LogP contribution is 2.38. The minimum atomic E-state index is 0.0503. The summed E-state index contributed by atoms with van der Waals surface area (Å²) in [6.07, 6.45) is 8.41. The van der Waals surface area contributed by atoms with Crippen LogP contribution in [0.1, 0.15) is 63.5 Å². The average Bonchev–Trinajstić information content (AvgIpc) is 2.60. The minimum Gasteiger partial charge on any atom is -0.482 e. The fourth-order valence-corrected chi connectivity index (χ4v) is 3.75. The summed E-state index contributed by atoms with van der Waals surface area (Å²) < 4.78 is 5.59. The molecule has 0 saturated heterocycles. The first-order valence-electron chi connectivity index (χ1n) is 9.03.